The van der Waals surface area contributed by atoms with Crippen molar-refractivity contribution >= 4 is 12.0 Å². The first-order chi connectivity index (χ1) is 10.4. The number of piperidine rings is 1. The second-order valence-corrected chi connectivity index (χ2v) is 6.97. The molecule has 3 heterocycles. The van der Waals surface area contributed by atoms with E-state index in [4.69, 9.17) is 4.74 Å². The Hall–Kier alpha value is -1.92. The standard InChI is InChI=1S/C15H23N5O2/c1-15(2,3)22-14(21)19-8-4-11-5-9-20(12(11)10-19)13-16-6-7-17-18-13/h6-7,11-12H,4-5,8-10H2,1-3H3. The fraction of sp³-hybridized carbons (Fsp3) is 0.733. The minimum atomic E-state index is -0.463. The van der Waals surface area contributed by atoms with Gasteiger partial charge in [-0.25, -0.2) is 9.78 Å². The van der Waals surface area contributed by atoms with Crippen LogP contribution in [0.3, 0.4) is 0 Å². The van der Waals surface area contributed by atoms with Gasteiger partial charge in [-0.1, -0.05) is 0 Å². The maximum atomic E-state index is 12.3. The van der Waals surface area contributed by atoms with Gasteiger partial charge < -0.3 is 14.5 Å². The minimum Gasteiger partial charge on any atom is -0.444 e. The van der Waals surface area contributed by atoms with E-state index in [1.54, 1.807) is 17.3 Å². The van der Waals surface area contributed by atoms with Gasteiger partial charge in [-0.2, -0.15) is 5.10 Å². The number of nitrogens with zero attached hydrogens (tertiary/aromatic N) is 5. The highest BCUT2D eigenvalue weighted by molar-refractivity contribution is 5.68. The Balaban J connectivity index is 1.70. The molecule has 7 heteroatoms. The molecule has 0 bridgehead atoms. The number of hydrogen-bond donors (Lipinski definition) is 0. The van der Waals surface area contributed by atoms with Crippen LogP contribution in [0.15, 0.2) is 12.4 Å². The van der Waals surface area contributed by atoms with Gasteiger partial charge in [-0.05, 0) is 39.5 Å². The van der Waals surface area contributed by atoms with E-state index < -0.39 is 5.60 Å². The quantitative estimate of drug-likeness (QED) is 0.786. The highest BCUT2D eigenvalue weighted by Crippen LogP contribution is 2.33. The Bertz CT molecular complexity index is 530. The van der Waals surface area contributed by atoms with Crippen LogP contribution < -0.4 is 4.90 Å². The van der Waals surface area contributed by atoms with Crippen LogP contribution in [0.4, 0.5) is 10.7 Å². The zero-order valence-electron chi connectivity index (χ0n) is 13.4. The molecule has 2 saturated heterocycles. The average Bonchev–Trinajstić information content (AvgIpc) is 2.89. The summed E-state index contributed by atoms with van der Waals surface area (Å²) in [6.45, 7) is 8.02. The third kappa shape index (κ3) is 3.13. The zero-order valence-corrected chi connectivity index (χ0v) is 13.4. The number of rotatable bonds is 1. The van der Waals surface area contributed by atoms with Crippen molar-refractivity contribution in [3.05, 3.63) is 12.4 Å². The van der Waals surface area contributed by atoms with E-state index in [1.165, 1.54) is 0 Å². The fourth-order valence-corrected chi connectivity index (χ4v) is 3.25. The van der Waals surface area contributed by atoms with Gasteiger partial charge in [-0.3, -0.25) is 0 Å². The number of carbonyl (C=O) groups is 1. The van der Waals surface area contributed by atoms with Crippen LogP contribution in [-0.2, 0) is 4.74 Å². The SMILES string of the molecule is CC(C)(C)OC(=O)N1CCC2CCN(c3nccnn3)C2C1. The van der Waals surface area contributed by atoms with Crippen LogP contribution in [0.5, 0.6) is 0 Å². The number of likely N-dealkylation sites (tertiary alicyclic amines) is 1. The van der Waals surface area contributed by atoms with Crippen molar-refractivity contribution in [3.63, 3.8) is 0 Å². The van der Waals surface area contributed by atoms with Crippen molar-refractivity contribution in [1.29, 1.82) is 0 Å². The maximum absolute atomic E-state index is 12.3. The van der Waals surface area contributed by atoms with Gasteiger partial charge in [0.15, 0.2) is 0 Å². The monoisotopic (exact) mass is 305 g/mol. The summed E-state index contributed by atoms with van der Waals surface area (Å²) >= 11 is 0. The molecule has 2 aliphatic heterocycles. The summed E-state index contributed by atoms with van der Waals surface area (Å²) in [7, 11) is 0. The summed E-state index contributed by atoms with van der Waals surface area (Å²) in [6, 6.07) is 0.255. The first-order valence-corrected chi connectivity index (χ1v) is 7.82. The summed E-state index contributed by atoms with van der Waals surface area (Å²) in [5.74, 6) is 1.24. The lowest BCUT2D eigenvalue weighted by atomic mass is 9.92. The number of anilines is 1. The third-order valence-corrected chi connectivity index (χ3v) is 4.24. The molecule has 1 amide bonds. The third-order valence-electron chi connectivity index (χ3n) is 4.24. The van der Waals surface area contributed by atoms with Gasteiger partial charge in [0.25, 0.3) is 0 Å². The summed E-state index contributed by atoms with van der Waals surface area (Å²) < 4.78 is 5.49. The molecular weight excluding hydrogens is 282 g/mol. The van der Waals surface area contributed by atoms with Crippen LogP contribution in [-0.4, -0.2) is 57.5 Å². The first-order valence-electron chi connectivity index (χ1n) is 7.82. The molecule has 2 unspecified atom stereocenters. The molecule has 2 aliphatic rings. The molecule has 0 aliphatic carbocycles. The van der Waals surface area contributed by atoms with Gasteiger partial charge in [0, 0.05) is 19.6 Å². The molecule has 0 aromatic carbocycles. The number of aromatic nitrogens is 3. The predicted molar refractivity (Wildman–Crippen MR) is 81.5 cm³/mol. The largest absolute Gasteiger partial charge is 0.444 e. The molecule has 1 aromatic heterocycles. The van der Waals surface area contributed by atoms with Crippen LogP contribution >= 0.6 is 0 Å². The molecule has 7 nitrogen and oxygen atoms in total. The summed E-state index contributed by atoms with van der Waals surface area (Å²) in [6.07, 6.45) is 5.12. The molecule has 1 aromatic rings. The zero-order chi connectivity index (χ0) is 15.7. The Morgan fingerprint density at radius 2 is 2.05 bits per heavy atom. The van der Waals surface area contributed by atoms with E-state index in [0.717, 1.165) is 25.9 Å². The number of ether oxygens (including phenoxy) is 1. The summed E-state index contributed by atoms with van der Waals surface area (Å²) in [5, 5.41) is 8.02. The normalized spacial score (nSPS) is 25.0. The lowest BCUT2D eigenvalue weighted by Crippen LogP contribution is -2.51. The smallest absolute Gasteiger partial charge is 0.410 e. The van der Waals surface area contributed by atoms with Crippen LogP contribution in [0, 0.1) is 5.92 Å². The van der Waals surface area contributed by atoms with Crippen molar-refractivity contribution in [1.82, 2.24) is 20.1 Å². The van der Waals surface area contributed by atoms with Gasteiger partial charge >= 0.3 is 6.09 Å². The molecule has 2 atom stereocenters. The number of amides is 1. The van der Waals surface area contributed by atoms with E-state index in [-0.39, 0.29) is 12.1 Å². The summed E-state index contributed by atoms with van der Waals surface area (Å²) in [4.78, 5) is 20.6. The maximum Gasteiger partial charge on any atom is 0.410 e. The lowest BCUT2D eigenvalue weighted by Gasteiger charge is -2.38. The van der Waals surface area contributed by atoms with Gasteiger partial charge in [0.05, 0.1) is 18.4 Å². The lowest BCUT2D eigenvalue weighted by molar-refractivity contribution is 0.0173. The predicted octanol–water partition coefficient (Wildman–Crippen LogP) is 1.71. The molecule has 0 spiro atoms. The van der Waals surface area contributed by atoms with Crippen molar-refractivity contribution in [3.8, 4) is 0 Å². The highest BCUT2D eigenvalue weighted by Gasteiger charge is 2.41. The first kappa shape index (κ1) is 15.0. The molecule has 0 N–H and O–H groups in total. The topological polar surface area (TPSA) is 71.5 Å². The molecule has 0 radical (unpaired) electrons. The van der Waals surface area contributed by atoms with Crippen molar-refractivity contribution < 1.29 is 9.53 Å². The second-order valence-electron chi connectivity index (χ2n) is 6.97. The van der Waals surface area contributed by atoms with Crippen molar-refractivity contribution in [2.45, 2.75) is 45.3 Å². The molecule has 0 saturated carbocycles. The van der Waals surface area contributed by atoms with E-state index in [0.29, 0.717) is 18.4 Å². The molecule has 22 heavy (non-hydrogen) atoms. The Kier molecular flexibility index (Phi) is 3.88. The molecule has 3 rings (SSSR count). The van der Waals surface area contributed by atoms with Crippen LogP contribution in [0.2, 0.25) is 0 Å². The number of carbonyl (C=O) groups excluding carboxylic acids is 1. The van der Waals surface area contributed by atoms with E-state index in [9.17, 15) is 4.79 Å². The van der Waals surface area contributed by atoms with Crippen LogP contribution in [0.25, 0.3) is 0 Å². The Morgan fingerprint density at radius 3 is 2.73 bits per heavy atom. The minimum absolute atomic E-state index is 0.232. The average molecular weight is 305 g/mol. The highest BCUT2D eigenvalue weighted by atomic mass is 16.6. The van der Waals surface area contributed by atoms with Gasteiger partial charge in [0.1, 0.15) is 5.60 Å². The number of fused-ring (bicyclic) bond motifs is 1. The van der Waals surface area contributed by atoms with E-state index >= 15 is 0 Å². The molecular formula is C15H23N5O2. The van der Waals surface area contributed by atoms with Crippen LogP contribution in [0.1, 0.15) is 33.6 Å². The summed E-state index contributed by atoms with van der Waals surface area (Å²) in [5.41, 5.74) is -0.463. The fourth-order valence-electron chi connectivity index (χ4n) is 3.25. The Morgan fingerprint density at radius 1 is 1.27 bits per heavy atom. The number of hydrogen-bond acceptors (Lipinski definition) is 6. The van der Waals surface area contributed by atoms with Gasteiger partial charge in [0.2, 0.25) is 5.95 Å². The van der Waals surface area contributed by atoms with E-state index in [2.05, 4.69) is 20.1 Å². The second kappa shape index (κ2) is 5.70. The van der Waals surface area contributed by atoms with Gasteiger partial charge in [-0.15, -0.1) is 5.10 Å². The van der Waals surface area contributed by atoms with Crippen molar-refractivity contribution in [2.75, 3.05) is 24.5 Å². The molecule has 120 valence electrons. The Labute approximate surface area is 130 Å². The van der Waals surface area contributed by atoms with Crippen molar-refractivity contribution in [2.24, 2.45) is 5.92 Å². The molecule has 2 fully saturated rings. The van der Waals surface area contributed by atoms with E-state index in [1.807, 2.05) is 20.8 Å².